The quantitative estimate of drug-likeness (QED) is 0.755. The molecule has 0 aromatic rings. The third kappa shape index (κ3) is 2.53. The molecule has 0 bridgehead atoms. The van der Waals surface area contributed by atoms with Crippen molar-refractivity contribution in [2.24, 2.45) is 11.7 Å². The fourth-order valence-electron chi connectivity index (χ4n) is 2.89. The molecule has 1 saturated carbocycles. The highest BCUT2D eigenvalue weighted by Crippen LogP contribution is 2.33. The first-order valence-electron chi connectivity index (χ1n) is 6.40. The highest BCUT2D eigenvalue weighted by Gasteiger charge is 2.44. The van der Waals surface area contributed by atoms with Gasteiger partial charge in [-0.05, 0) is 25.7 Å². The monoisotopic (exact) mass is 276 g/mol. The Kier molecular flexibility index (Phi) is 3.93. The fourth-order valence-corrected chi connectivity index (χ4v) is 5.12. The van der Waals surface area contributed by atoms with Gasteiger partial charge in [0, 0.05) is 19.1 Å². The van der Waals surface area contributed by atoms with Gasteiger partial charge in [-0.2, -0.15) is 0 Å². The molecule has 104 valence electrons. The van der Waals surface area contributed by atoms with Gasteiger partial charge in [0.25, 0.3) is 0 Å². The molecule has 1 aliphatic carbocycles. The molecule has 0 aromatic carbocycles. The lowest BCUT2D eigenvalue weighted by molar-refractivity contribution is -0.141. The molecule has 2 fully saturated rings. The molecule has 1 heterocycles. The zero-order chi connectivity index (χ0) is 13.3. The maximum atomic E-state index is 12.4. The molecule has 0 radical (unpaired) electrons. The molecule has 0 spiro atoms. The van der Waals surface area contributed by atoms with E-state index in [2.05, 4.69) is 0 Å². The number of carboxylic acids is 1. The Labute approximate surface area is 107 Å². The summed E-state index contributed by atoms with van der Waals surface area (Å²) in [7, 11) is -3.48. The van der Waals surface area contributed by atoms with E-state index >= 15 is 0 Å². The maximum absolute atomic E-state index is 12.4. The van der Waals surface area contributed by atoms with E-state index in [1.54, 1.807) is 0 Å². The van der Waals surface area contributed by atoms with E-state index in [0.29, 0.717) is 45.2 Å². The van der Waals surface area contributed by atoms with Crippen LogP contribution in [-0.4, -0.2) is 48.2 Å². The lowest BCUT2D eigenvalue weighted by Gasteiger charge is -2.32. The maximum Gasteiger partial charge on any atom is 0.307 e. The van der Waals surface area contributed by atoms with Crippen molar-refractivity contribution in [1.82, 2.24) is 4.31 Å². The number of carbonyl (C=O) groups is 1. The third-order valence-electron chi connectivity index (χ3n) is 4.01. The second kappa shape index (κ2) is 5.14. The van der Waals surface area contributed by atoms with E-state index in [4.69, 9.17) is 10.8 Å². The largest absolute Gasteiger partial charge is 0.481 e. The molecule has 0 aromatic heterocycles. The lowest BCUT2D eigenvalue weighted by atomic mass is 10.1. The first-order valence-corrected chi connectivity index (χ1v) is 7.90. The van der Waals surface area contributed by atoms with Crippen LogP contribution >= 0.6 is 0 Å². The summed E-state index contributed by atoms with van der Waals surface area (Å²) in [4.78, 5) is 11.1. The summed E-state index contributed by atoms with van der Waals surface area (Å²) in [6.07, 6.45) is 2.91. The Morgan fingerprint density at radius 2 is 1.78 bits per heavy atom. The van der Waals surface area contributed by atoms with Crippen molar-refractivity contribution in [2.45, 2.75) is 43.4 Å². The molecule has 6 nitrogen and oxygen atoms in total. The van der Waals surface area contributed by atoms with Crippen LogP contribution in [0.3, 0.4) is 0 Å². The van der Waals surface area contributed by atoms with Crippen molar-refractivity contribution < 1.29 is 18.3 Å². The van der Waals surface area contributed by atoms with Crippen molar-refractivity contribution in [3.8, 4) is 0 Å². The van der Waals surface area contributed by atoms with Crippen molar-refractivity contribution in [2.75, 3.05) is 13.1 Å². The Hall–Kier alpha value is -0.660. The summed E-state index contributed by atoms with van der Waals surface area (Å²) in [6.45, 7) is 0.846. The molecule has 18 heavy (non-hydrogen) atoms. The first kappa shape index (κ1) is 13.8. The molecular formula is C11H20N2O4S. The Morgan fingerprint density at radius 1 is 1.17 bits per heavy atom. The van der Waals surface area contributed by atoms with Crippen molar-refractivity contribution in [3.63, 3.8) is 0 Å². The topological polar surface area (TPSA) is 101 Å². The van der Waals surface area contributed by atoms with Gasteiger partial charge in [0.1, 0.15) is 0 Å². The van der Waals surface area contributed by atoms with Crippen LogP contribution < -0.4 is 5.73 Å². The number of carboxylic acid groups (broad SMARTS) is 1. The molecule has 2 unspecified atom stereocenters. The minimum Gasteiger partial charge on any atom is -0.481 e. The zero-order valence-corrected chi connectivity index (χ0v) is 11.1. The smallest absolute Gasteiger partial charge is 0.307 e. The SMILES string of the molecule is NC1CCN(S(=O)(=O)C2CCCC2C(=O)O)CC1. The van der Waals surface area contributed by atoms with Gasteiger partial charge < -0.3 is 10.8 Å². The highest BCUT2D eigenvalue weighted by atomic mass is 32.2. The molecule has 1 aliphatic heterocycles. The Balaban J connectivity index is 2.13. The van der Waals surface area contributed by atoms with E-state index in [1.165, 1.54) is 4.31 Å². The number of hydrogen-bond acceptors (Lipinski definition) is 4. The van der Waals surface area contributed by atoms with Crippen LogP contribution in [-0.2, 0) is 14.8 Å². The number of aliphatic carboxylic acids is 1. The van der Waals surface area contributed by atoms with Crippen molar-refractivity contribution >= 4 is 16.0 Å². The predicted octanol–water partition coefficient (Wildman–Crippen LogP) is -0.00740. The van der Waals surface area contributed by atoms with Crippen LogP contribution in [0.1, 0.15) is 32.1 Å². The average molecular weight is 276 g/mol. The number of hydrogen-bond donors (Lipinski definition) is 2. The minimum absolute atomic E-state index is 0.0651. The number of rotatable bonds is 3. The number of piperidine rings is 1. The molecule has 7 heteroatoms. The molecule has 3 N–H and O–H groups in total. The van der Waals surface area contributed by atoms with Crippen LogP contribution in [0.2, 0.25) is 0 Å². The van der Waals surface area contributed by atoms with Gasteiger partial charge in [-0.15, -0.1) is 0 Å². The van der Waals surface area contributed by atoms with E-state index in [9.17, 15) is 13.2 Å². The van der Waals surface area contributed by atoms with Crippen molar-refractivity contribution in [3.05, 3.63) is 0 Å². The Bertz CT molecular complexity index is 415. The molecule has 2 aliphatic rings. The lowest BCUT2D eigenvalue weighted by Crippen LogP contribution is -2.48. The minimum atomic E-state index is -3.48. The molecule has 2 rings (SSSR count). The Morgan fingerprint density at radius 3 is 2.33 bits per heavy atom. The van der Waals surface area contributed by atoms with Gasteiger partial charge in [0.2, 0.25) is 10.0 Å². The molecule has 2 atom stereocenters. The average Bonchev–Trinajstić information content (AvgIpc) is 2.79. The highest BCUT2D eigenvalue weighted by molar-refractivity contribution is 7.89. The third-order valence-corrected chi connectivity index (χ3v) is 6.43. The van der Waals surface area contributed by atoms with Gasteiger partial charge in [-0.1, -0.05) is 6.42 Å². The summed E-state index contributed by atoms with van der Waals surface area (Å²) < 4.78 is 26.3. The first-order chi connectivity index (χ1) is 8.43. The van der Waals surface area contributed by atoms with Gasteiger partial charge in [-0.3, -0.25) is 4.79 Å². The molecular weight excluding hydrogens is 256 g/mol. The molecule has 0 amide bonds. The summed E-state index contributed by atoms with van der Waals surface area (Å²) >= 11 is 0. The molecule has 1 saturated heterocycles. The summed E-state index contributed by atoms with van der Waals surface area (Å²) in [6, 6.07) is 0.0651. The number of nitrogens with two attached hydrogens (primary N) is 1. The van der Waals surface area contributed by atoms with Gasteiger partial charge in [-0.25, -0.2) is 12.7 Å². The van der Waals surface area contributed by atoms with E-state index in [1.807, 2.05) is 0 Å². The van der Waals surface area contributed by atoms with Crippen molar-refractivity contribution in [1.29, 1.82) is 0 Å². The number of sulfonamides is 1. The predicted molar refractivity (Wildman–Crippen MR) is 66.5 cm³/mol. The van der Waals surface area contributed by atoms with Crippen LogP contribution in [0.15, 0.2) is 0 Å². The second-order valence-corrected chi connectivity index (χ2v) is 7.35. The van der Waals surface area contributed by atoms with Crippen LogP contribution in [0.4, 0.5) is 0 Å². The summed E-state index contributed by atoms with van der Waals surface area (Å²) in [5.41, 5.74) is 5.75. The van der Waals surface area contributed by atoms with Gasteiger partial charge in [0.05, 0.1) is 11.2 Å². The standard InChI is InChI=1S/C11H20N2O4S/c12-8-4-6-13(7-5-8)18(16,17)10-3-1-2-9(10)11(14)15/h8-10H,1-7,12H2,(H,14,15). The number of nitrogens with zero attached hydrogens (tertiary/aromatic N) is 1. The van der Waals surface area contributed by atoms with E-state index in [-0.39, 0.29) is 6.04 Å². The van der Waals surface area contributed by atoms with Gasteiger partial charge in [0.15, 0.2) is 0 Å². The van der Waals surface area contributed by atoms with Crippen LogP contribution in [0, 0.1) is 5.92 Å². The van der Waals surface area contributed by atoms with E-state index in [0.717, 1.165) is 0 Å². The normalized spacial score (nSPS) is 31.6. The van der Waals surface area contributed by atoms with Crippen LogP contribution in [0.5, 0.6) is 0 Å². The van der Waals surface area contributed by atoms with Crippen LogP contribution in [0.25, 0.3) is 0 Å². The summed E-state index contributed by atoms with van der Waals surface area (Å²) in [5, 5.41) is 8.34. The summed E-state index contributed by atoms with van der Waals surface area (Å²) in [5.74, 6) is -1.74. The zero-order valence-electron chi connectivity index (χ0n) is 10.3. The van der Waals surface area contributed by atoms with Gasteiger partial charge >= 0.3 is 5.97 Å². The second-order valence-electron chi connectivity index (χ2n) is 5.20. The van der Waals surface area contributed by atoms with E-state index < -0.39 is 27.2 Å². The fraction of sp³-hybridized carbons (Fsp3) is 0.909.